The molecule has 0 N–H and O–H groups in total. The third kappa shape index (κ3) is 2.38. The van der Waals surface area contributed by atoms with E-state index >= 15 is 0 Å². The summed E-state index contributed by atoms with van der Waals surface area (Å²) in [5, 5.41) is 1.01. The number of fused-ring (bicyclic) bond motifs is 3. The minimum absolute atomic E-state index is 0.101. The lowest BCUT2D eigenvalue weighted by Crippen LogP contribution is -2.40. The van der Waals surface area contributed by atoms with Crippen molar-refractivity contribution in [3.63, 3.8) is 0 Å². The van der Waals surface area contributed by atoms with Crippen molar-refractivity contribution < 1.29 is 9.21 Å². The van der Waals surface area contributed by atoms with Gasteiger partial charge in [-0.05, 0) is 25.0 Å². The lowest BCUT2D eigenvalue weighted by Gasteiger charge is -2.32. The van der Waals surface area contributed by atoms with Crippen LogP contribution in [0.4, 0.5) is 5.82 Å². The molecule has 2 aromatic heterocycles. The smallest absolute Gasteiger partial charge is 0.225 e. The van der Waals surface area contributed by atoms with E-state index in [4.69, 9.17) is 4.42 Å². The molecule has 0 aliphatic carbocycles. The molecule has 0 bridgehead atoms. The second kappa shape index (κ2) is 5.78. The van der Waals surface area contributed by atoms with Gasteiger partial charge in [0.25, 0.3) is 0 Å². The molecule has 0 unspecified atom stereocenters. The van der Waals surface area contributed by atoms with Crippen LogP contribution in [-0.4, -0.2) is 48.0 Å². The number of hydrogen-bond acceptors (Lipinski definition) is 5. The van der Waals surface area contributed by atoms with E-state index in [0.717, 1.165) is 53.8 Å². The molecule has 124 valence electrons. The highest BCUT2D eigenvalue weighted by atomic mass is 16.3. The summed E-state index contributed by atoms with van der Waals surface area (Å²) >= 11 is 0. The van der Waals surface area contributed by atoms with Crippen molar-refractivity contribution in [1.82, 2.24) is 14.9 Å². The number of nitrogens with zero attached hydrogens (tertiary/aromatic N) is 4. The minimum atomic E-state index is 0.101. The van der Waals surface area contributed by atoms with Gasteiger partial charge in [0.05, 0.1) is 0 Å². The molecule has 1 saturated heterocycles. The van der Waals surface area contributed by atoms with Crippen LogP contribution in [0.15, 0.2) is 35.0 Å². The molecule has 1 aliphatic rings. The topological polar surface area (TPSA) is 62.5 Å². The lowest BCUT2D eigenvalue weighted by atomic mass is 9.95. The van der Waals surface area contributed by atoms with Gasteiger partial charge in [0.15, 0.2) is 11.4 Å². The van der Waals surface area contributed by atoms with Gasteiger partial charge in [0.1, 0.15) is 17.4 Å². The summed E-state index contributed by atoms with van der Waals surface area (Å²) in [5.74, 6) is 1.14. The standard InChI is InChI=1S/C18H20N4O2/c1-21(2)18(23)12-7-9-22(10-8-12)17-16-15(19-11-20-17)13-5-3-4-6-14(13)24-16/h3-6,11-12H,7-10H2,1-2H3. The predicted molar refractivity (Wildman–Crippen MR) is 92.9 cm³/mol. The van der Waals surface area contributed by atoms with Crippen LogP contribution in [0, 0.1) is 5.92 Å². The van der Waals surface area contributed by atoms with Gasteiger partial charge in [0, 0.05) is 38.5 Å². The number of hydrogen-bond donors (Lipinski definition) is 0. The summed E-state index contributed by atoms with van der Waals surface area (Å²) in [5.41, 5.74) is 2.41. The maximum atomic E-state index is 12.1. The van der Waals surface area contributed by atoms with Gasteiger partial charge in [-0.3, -0.25) is 4.79 Å². The van der Waals surface area contributed by atoms with E-state index < -0.39 is 0 Å². The summed E-state index contributed by atoms with van der Waals surface area (Å²) < 4.78 is 6.01. The third-order valence-corrected chi connectivity index (χ3v) is 4.72. The summed E-state index contributed by atoms with van der Waals surface area (Å²) in [6, 6.07) is 7.90. The van der Waals surface area contributed by atoms with Crippen LogP contribution in [0.3, 0.4) is 0 Å². The van der Waals surface area contributed by atoms with E-state index in [1.165, 1.54) is 0 Å². The van der Waals surface area contributed by atoms with Crippen molar-refractivity contribution in [1.29, 1.82) is 0 Å². The third-order valence-electron chi connectivity index (χ3n) is 4.72. The van der Waals surface area contributed by atoms with E-state index in [1.807, 2.05) is 38.4 Å². The first-order valence-corrected chi connectivity index (χ1v) is 8.23. The highest BCUT2D eigenvalue weighted by Crippen LogP contribution is 2.33. The minimum Gasteiger partial charge on any atom is -0.450 e. The number of carbonyl (C=O) groups is 1. The zero-order chi connectivity index (χ0) is 16.7. The largest absolute Gasteiger partial charge is 0.450 e. The average molecular weight is 324 g/mol. The maximum absolute atomic E-state index is 12.1. The first-order valence-electron chi connectivity index (χ1n) is 8.23. The number of piperidine rings is 1. The van der Waals surface area contributed by atoms with Crippen molar-refractivity contribution in [2.75, 3.05) is 32.1 Å². The average Bonchev–Trinajstić information content (AvgIpc) is 3.00. The quantitative estimate of drug-likeness (QED) is 0.725. The summed E-state index contributed by atoms with van der Waals surface area (Å²) in [6.45, 7) is 1.60. The molecular formula is C18H20N4O2. The lowest BCUT2D eigenvalue weighted by molar-refractivity contribution is -0.133. The van der Waals surface area contributed by atoms with E-state index in [9.17, 15) is 4.79 Å². The van der Waals surface area contributed by atoms with Gasteiger partial charge >= 0.3 is 0 Å². The Hall–Kier alpha value is -2.63. The SMILES string of the molecule is CN(C)C(=O)C1CCN(c2ncnc3c2oc2ccccc23)CC1. The Morgan fingerprint density at radius 2 is 1.96 bits per heavy atom. The molecule has 0 saturated carbocycles. The first kappa shape index (κ1) is 14.9. The molecule has 4 rings (SSSR count). The fourth-order valence-corrected chi connectivity index (χ4v) is 3.44. The number of benzene rings is 1. The van der Waals surface area contributed by atoms with Crippen LogP contribution in [-0.2, 0) is 4.79 Å². The molecule has 3 aromatic rings. The molecule has 0 spiro atoms. The summed E-state index contributed by atoms with van der Waals surface area (Å²) in [7, 11) is 3.63. The van der Waals surface area contributed by atoms with Gasteiger partial charge < -0.3 is 14.2 Å². The number of amides is 1. The van der Waals surface area contributed by atoms with Crippen LogP contribution in [0.25, 0.3) is 22.1 Å². The Labute approximate surface area is 140 Å². The zero-order valence-electron chi connectivity index (χ0n) is 13.9. The molecule has 3 heterocycles. The molecule has 1 fully saturated rings. The normalized spacial score (nSPS) is 16.0. The maximum Gasteiger partial charge on any atom is 0.225 e. The summed E-state index contributed by atoms with van der Waals surface area (Å²) in [6.07, 6.45) is 3.27. The number of para-hydroxylation sites is 1. The van der Waals surface area contributed by atoms with Crippen LogP contribution in [0.5, 0.6) is 0 Å². The van der Waals surface area contributed by atoms with Gasteiger partial charge in [-0.25, -0.2) is 9.97 Å². The van der Waals surface area contributed by atoms with E-state index in [1.54, 1.807) is 11.2 Å². The molecule has 1 aliphatic heterocycles. The highest BCUT2D eigenvalue weighted by Gasteiger charge is 2.28. The Bertz CT molecular complexity index is 894. The number of furan rings is 1. The molecule has 24 heavy (non-hydrogen) atoms. The van der Waals surface area contributed by atoms with Crippen LogP contribution < -0.4 is 4.90 Å². The predicted octanol–water partition coefficient (Wildman–Crippen LogP) is 2.68. The van der Waals surface area contributed by atoms with Crippen molar-refractivity contribution >= 4 is 33.8 Å². The van der Waals surface area contributed by atoms with E-state index in [2.05, 4.69) is 14.9 Å². The highest BCUT2D eigenvalue weighted by molar-refractivity contribution is 6.05. The number of aromatic nitrogens is 2. The van der Waals surface area contributed by atoms with Crippen LogP contribution >= 0.6 is 0 Å². The van der Waals surface area contributed by atoms with Crippen molar-refractivity contribution in [2.24, 2.45) is 5.92 Å². The molecule has 0 radical (unpaired) electrons. The van der Waals surface area contributed by atoms with Crippen molar-refractivity contribution in [2.45, 2.75) is 12.8 Å². The van der Waals surface area contributed by atoms with Crippen molar-refractivity contribution in [3.05, 3.63) is 30.6 Å². The van der Waals surface area contributed by atoms with Gasteiger partial charge in [-0.15, -0.1) is 0 Å². The van der Waals surface area contributed by atoms with Gasteiger partial charge in [-0.2, -0.15) is 0 Å². The second-order valence-electron chi connectivity index (χ2n) is 6.47. The number of anilines is 1. The van der Waals surface area contributed by atoms with Crippen LogP contribution in [0.1, 0.15) is 12.8 Å². The first-order chi connectivity index (χ1) is 11.6. The Kier molecular flexibility index (Phi) is 3.59. The number of rotatable bonds is 2. The van der Waals surface area contributed by atoms with E-state index in [-0.39, 0.29) is 11.8 Å². The van der Waals surface area contributed by atoms with Crippen LogP contribution in [0.2, 0.25) is 0 Å². The molecule has 1 aromatic carbocycles. The number of carbonyl (C=O) groups excluding carboxylic acids is 1. The fraction of sp³-hybridized carbons (Fsp3) is 0.389. The molecule has 0 atom stereocenters. The van der Waals surface area contributed by atoms with Crippen molar-refractivity contribution in [3.8, 4) is 0 Å². The Morgan fingerprint density at radius 1 is 1.21 bits per heavy atom. The Morgan fingerprint density at radius 3 is 2.71 bits per heavy atom. The molecular weight excluding hydrogens is 304 g/mol. The molecule has 1 amide bonds. The zero-order valence-corrected chi connectivity index (χ0v) is 13.9. The summed E-state index contributed by atoms with van der Waals surface area (Å²) in [4.78, 5) is 24.9. The molecule has 6 heteroatoms. The monoisotopic (exact) mass is 324 g/mol. The van der Waals surface area contributed by atoms with E-state index in [0.29, 0.717) is 0 Å². The Balaban J connectivity index is 1.65. The molecule has 6 nitrogen and oxygen atoms in total. The van der Waals surface area contributed by atoms with Gasteiger partial charge in [0.2, 0.25) is 5.91 Å². The van der Waals surface area contributed by atoms with Gasteiger partial charge in [-0.1, -0.05) is 12.1 Å². The second-order valence-corrected chi connectivity index (χ2v) is 6.47. The fourth-order valence-electron chi connectivity index (χ4n) is 3.44.